The predicted molar refractivity (Wildman–Crippen MR) is 70.9 cm³/mol. The zero-order chi connectivity index (χ0) is 15.3. The van der Waals surface area contributed by atoms with Crippen molar-refractivity contribution in [2.45, 2.75) is 26.1 Å². The van der Waals surface area contributed by atoms with Crippen molar-refractivity contribution >= 4 is 11.6 Å². The molecule has 8 heteroatoms. The summed E-state index contributed by atoms with van der Waals surface area (Å²) in [6, 6.07) is 1.38. The minimum atomic E-state index is -4.58. The Hall–Kier alpha value is -1.57. The predicted octanol–water partition coefficient (Wildman–Crippen LogP) is 2.40. The van der Waals surface area contributed by atoms with Crippen molar-refractivity contribution in [2.75, 3.05) is 37.5 Å². The molecule has 0 aliphatic carbocycles. The molecule has 114 valence electrons. The molecule has 0 bridgehead atoms. The lowest BCUT2D eigenvalue weighted by molar-refractivity contribution is -0.144. The SMILES string of the molecule is CCNc1cc(N(C)C(C)COC)nc(C(F)(F)F)n1. The van der Waals surface area contributed by atoms with E-state index in [4.69, 9.17) is 4.74 Å². The summed E-state index contributed by atoms with van der Waals surface area (Å²) >= 11 is 0. The van der Waals surface area contributed by atoms with Crippen LogP contribution in [0.25, 0.3) is 0 Å². The normalized spacial score (nSPS) is 13.2. The Labute approximate surface area is 116 Å². The lowest BCUT2D eigenvalue weighted by Crippen LogP contribution is -2.34. The molecule has 0 spiro atoms. The van der Waals surface area contributed by atoms with E-state index in [0.29, 0.717) is 13.2 Å². The van der Waals surface area contributed by atoms with Gasteiger partial charge in [0, 0.05) is 26.8 Å². The fraction of sp³-hybridized carbons (Fsp3) is 0.667. The number of hydrogen-bond donors (Lipinski definition) is 1. The van der Waals surface area contributed by atoms with E-state index >= 15 is 0 Å². The smallest absolute Gasteiger partial charge is 0.383 e. The average molecular weight is 292 g/mol. The van der Waals surface area contributed by atoms with Gasteiger partial charge < -0.3 is 15.0 Å². The van der Waals surface area contributed by atoms with Crippen molar-refractivity contribution in [3.8, 4) is 0 Å². The lowest BCUT2D eigenvalue weighted by Gasteiger charge is -2.26. The summed E-state index contributed by atoms with van der Waals surface area (Å²) in [5.74, 6) is -0.795. The van der Waals surface area contributed by atoms with Crippen molar-refractivity contribution in [1.82, 2.24) is 9.97 Å². The second-order valence-corrected chi connectivity index (χ2v) is 4.38. The highest BCUT2D eigenvalue weighted by Gasteiger charge is 2.36. The van der Waals surface area contributed by atoms with E-state index in [1.165, 1.54) is 13.2 Å². The van der Waals surface area contributed by atoms with Crippen molar-refractivity contribution in [3.05, 3.63) is 11.9 Å². The van der Waals surface area contributed by atoms with Gasteiger partial charge in [-0.15, -0.1) is 0 Å². The minimum absolute atomic E-state index is 0.106. The first-order valence-corrected chi connectivity index (χ1v) is 6.21. The van der Waals surface area contributed by atoms with Gasteiger partial charge in [0.1, 0.15) is 11.6 Å². The molecule has 0 aromatic carbocycles. The van der Waals surface area contributed by atoms with Crippen LogP contribution in [0.4, 0.5) is 24.8 Å². The topological polar surface area (TPSA) is 50.3 Å². The molecule has 1 N–H and O–H groups in total. The number of anilines is 2. The van der Waals surface area contributed by atoms with Crippen LogP contribution in [0.2, 0.25) is 0 Å². The largest absolute Gasteiger partial charge is 0.451 e. The molecule has 5 nitrogen and oxygen atoms in total. The second-order valence-electron chi connectivity index (χ2n) is 4.38. The average Bonchev–Trinajstić information content (AvgIpc) is 2.37. The molecule has 1 aromatic heterocycles. The number of nitrogens with zero attached hydrogens (tertiary/aromatic N) is 3. The molecule has 0 fully saturated rings. The number of rotatable bonds is 6. The van der Waals surface area contributed by atoms with Gasteiger partial charge in [0.15, 0.2) is 0 Å². The molecule has 20 heavy (non-hydrogen) atoms. The maximum Gasteiger partial charge on any atom is 0.451 e. The molecule has 1 rings (SSSR count). The third kappa shape index (κ3) is 4.22. The number of alkyl halides is 3. The number of halogens is 3. The van der Waals surface area contributed by atoms with Gasteiger partial charge in [-0.2, -0.15) is 13.2 Å². The summed E-state index contributed by atoms with van der Waals surface area (Å²) < 4.78 is 43.4. The van der Waals surface area contributed by atoms with Crippen LogP contribution < -0.4 is 10.2 Å². The summed E-state index contributed by atoms with van der Waals surface area (Å²) in [7, 11) is 3.21. The summed E-state index contributed by atoms with van der Waals surface area (Å²) in [5, 5.41) is 2.78. The zero-order valence-corrected chi connectivity index (χ0v) is 12.0. The molecule has 0 saturated carbocycles. The van der Waals surface area contributed by atoms with Gasteiger partial charge in [-0.05, 0) is 13.8 Å². The third-order valence-electron chi connectivity index (χ3n) is 2.75. The fourth-order valence-corrected chi connectivity index (χ4v) is 1.59. The molecule has 1 unspecified atom stereocenters. The van der Waals surface area contributed by atoms with E-state index < -0.39 is 12.0 Å². The molecular formula is C12H19F3N4O. The number of aromatic nitrogens is 2. The van der Waals surface area contributed by atoms with E-state index in [2.05, 4.69) is 15.3 Å². The molecule has 0 radical (unpaired) electrons. The van der Waals surface area contributed by atoms with Crippen molar-refractivity contribution in [2.24, 2.45) is 0 Å². The lowest BCUT2D eigenvalue weighted by atomic mass is 10.3. The zero-order valence-electron chi connectivity index (χ0n) is 12.0. The number of nitrogens with one attached hydrogen (secondary N) is 1. The summed E-state index contributed by atoms with van der Waals surface area (Å²) in [5.41, 5.74) is 0. The van der Waals surface area contributed by atoms with Crippen LogP contribution in [0.15, 0.2) is 6.07 Å². The number of hydrogen-bond acceptors (Lipinski definition) is 5. The molecule has 1 atom stereocenters. The summed E-state index contributed by atoms with van der Waals surface area (Å²) in [4.78, 5) is 8.69. The first-order chi connectivity index (χ1) is 9.29. The monoisotopic (exact) mass is 292 g/mol. The standard InChI is InChI=1S/C12H19F3N4O/c1-5-16-9-6-10(19(3)8(2)7-20-4)18-11(17-9)12(13,14)15/h6,8H,5,7H2,1-4H3,(H,16,17,18). The molecule has 0 amide bonds. The number of ether oxygens (including phenoxy) is 1. The van der Waals surface area contributed by atoms with E-state index in [1.54, 1.807) is 18.9 Å². The quantitative estimate of drug-likeness (QED) is 0.872. The first kappa shape index (κ1) is 16.5. The molecule has 1 heterocycles. The van der Waals surface area contributed by atoms with E-state index in [9.17, 15) is 13.2 Å². The van der Waals surface area contributed by atoms with Gasteiger partial charge in [0.25, 0.3) is 0 Å². The van der Waals surface area contributed by atoms with Crippen LogP contribution in [0.5, 0.6) is 0 Å². The van der Waals surface area contributed by atoms with Gasteiger partial charge in [-0.3, -0.25) is 0 Å². The Morgan fingerprint density at radius 3 is 2.55 bits per heavy atom. The maximum atomic E-state index is 12.8. The summed E-state index contributed by atoms with van der Waals surface area (Å²) in [6.45, 7) is 4.49. The molecule has 0 aliphatic rings. The molecule has 0 aliphatic heterocycles. The number of likely N-dealkylation sites (N-methyl/N-ethyl adjacent to an activating group) is 1. The van der Waals surface area contributed by atoms with Crippen LogP contribution in [-0.2, 0) is 10.9 Å². The van der Waals surface area contributed by atoms with Crippen LogP contribution in [0, 0.1) is 0 Å². The maximum absolute atomic E-state index is 12.8. The Kier molecular flexibility index (Phi) is 5.55. The van der Waals surface area contributed by atoms with Crippen LogP contribution >= 0.6 is 0 Å². The third-order valence-corrected chi connectivity index (χ3v) is 2.75. The van der Waals surface area contributed by atoms with Gasteiger partial charge in [0.2, 0.25) is 5.82 Å². The van der Waals surface area contributed by atoms with Gasteiger partial charge >= 0.3 is 6.18 Å². The van der Waals surface area contributed by atoms with Gasteiger partial charge in [-0.1, -0.05) is 0 Å². The Morgan fingerprint density at radius 2 is 2.05 bits per heavy atom. The van der Waals surface area contributed by atoms with Gasteiger partial charge in [0.05, 0.1) is 12.6 Å². The highest BCUT2D eigenvalue weighted by atomic mass is 19.4. The van der Waals surface area contributed by atoms with Crippen molar-refractivity contribution < 1.29 is 17.9 Å². The minimum Gasteiger partial charge on any atom is -0.383 e. The Balaban J connectivity index is 3.14. The van der Waals surface area contributed by atoms with Crippen molar-refractivity contribution in [3.63, 3.8) is 0 Å². The van der Waals surface area contributed by atoms with Crippen LogP contribution in [0.3, 0.4) is 0 Å². The van der Waals surface area contributed by atoms with Crippen molar-refractivity contribution in [1.29, 1.82) is 0 Å². The summed E-state index contributed by atoms with van der Waals surface area (Å²) in [6.07, 6.45) is -4.58. The Morgan fingerprint density at radius 1 is 1.40 bits per heavy atom. The molecule has 1 aromatic rings. The first-order valence-electron chi connectivity index (χ1n) is 6.21. The fourth-order valence-electron chi connectivity index (χ4n) is 1.59. The van der Waals surface area contributed by atoms with Crippen LogP contribution in [0.1, 0.15) is 19.7 Å². The molecule has 0 saturated heterocycles. The number of methoxy groups -OCH3 is 1. The van der Waals surface area contributed by atoms with Crippen LogP contribution in [-0.4, -0.2) is 43.3 Å². The van der Waals surface area contributed by atoms with Gasteiger partial charge in [-0.25, -0.2) is 9.97 Å². The van der Waals surface area contributed by atoms with E-state index in [0.717, 1.165) is 0 Å². The highest BCUT2D eigenvalue weighted by Crippen LogP contribution is 2.29. The highest BCUT2D eigenvalue weighted by molar-refractivity contribution is 5.49. The molecular weight excluding hydrogens is 273 g/mol. The second kappa shape index (κ2) is 6.74. The van der Waals surface area contributed by atoms with E-state index in [-0.39, 0.29) is 17.7 Å². The Bertz CT molecular complexity index is 439. The van der Waals surface area contributed by atoms with E-state index in [1.807, 2.05) is 6.92 Å².